The van der Waals surface area contributed by atoms with Crippen molar-refractivity contribution >= 4 is 23.2 Å². The van der Waals surface area contributed by atoms with Crippen LogP contribution in [0.15, 0.2) is 48.5 Å². The number of halogens is 1. The molecule has 0 saturated carbocycles. The summed E-state index contributed by atoms with van der Waals surface area (Å²) in [5, 5.41) is 6.99. The first-order chi connectivity index (χ1) is 13.2. The maximum atomic E-state index is 12.6. The molecule has 2 aromatic rings. The van der Waals surface area contributed by atoms with Gasteiger partial charge in [0.15, 0.2) is 0 Å². The van der Waals surface area contributed by atoms with E-state index >= 15 is 0 Å². The Morgan fingerprint density at radius 2 is 1.96 bits per heavy atom. The molecule has 2 aliphatic heterocycles. The Labute approximate surface area is 163 Å². The lowest BCUT2D eigenvalue weighted by Gasteiger charge is -2.24. The lowest BCUT2D eigenvalue weighted by atomic mass is 10.0. The van der Waals surface area contributed by atoms with Gasteiger partial charge in [-0.1, -0.05) is 35.9 Å². The highest BCUT2D eigenvalue weighted by atomic mass is 35.5. The molecule has 0 spiro atoms. The number of carbonyl (C=O) groups excluding carboxylic acids is 1. The average molecular weight is 387 g/mol. The molecule has 142 valence electrons. The predicted molar refractivity (Wildman–Crippen MR) is 106 cm³/mol. The molecule has 0 aromatic heterocycles. The summed E-state index contributed by atoms with van der Waals surface area (Å²) in [6.45, 7) is 2.43. The van der Waals surface area contributed by atoms with E-state index in [4.69, 9.17) is 16.3 Å². The summed E-state index contributed by atoms with van der Waals surface area (Å²) in [7, 11) is 0. The molecule has 2 aliphatic rings. The first kappa shape index (κ1) is 18.4. The number of hydrazine groups is 1. The average Bonchev–Trinajstić information content (AvgIpc) is 3.20. The number of benzene rings is 2. The Bertz CT molecular complexity index is 793. The largest absolute Gasteiger partial charge is 0.371 e. The third-order valence-corrected chi connectivity index (χ3v) is 5.18. The number of nitrogens with one attached hydrogen (secondary N) is 4. The molecule has 27 heavy (non-hydrogen) atoms. The zero-order valence-electron chi connectivity index (χ0n) is 14.9. The summed E-state index contributed by atoms with van der Waals surface area (Å²) >= 11 is 6.06. The van der Waals surface area contributed by atoms with Crippen molar-refractivity contribution in [3.8, 4) is 0 Å². The first-order valence-corrected chi connectivity index (χ1v) is 9.56. The van der Waals surface area contributed by atoms with Gasteiger partial charge in [0, 0.05) is 29.8 Å². The van der Waals surface area contributed by atoms with E-state index in [9.17, 15) is 4.79 Å². The molecule has 7 heteroatoms. The number of amides is 1. The second-order valence-corrected chi connectivity index (χ2v) is 7.30. The van der Waals surface area contributed by atoms with Crippen LogP contribution >= 0.6 is 11.6 Å². The van der Waals surface area contributed by atoms with E-state index in [1.165, 1.54) is 0 Å². The molecule has 2 heterocycles. The van der Waals surface area contributed by atoms with Gasteiger partial charge in [-0.05, 0) is 41.8 Å². The normalized spacial score (nSPS) is 25.3. The van der Waals surface area contributed by atoms with E-state index in [1.807, 2.05) is 48.5 Å². The minimum atomic E-state index is -0.306. The highest BCUT2D eigenvalue weighted by Crippen LogP contribution is 2.25. The van der Waals surface area contributed by atoms with Crippen molar-refractivity contribution in [2.24, 2.45) is 0 Å². The molecule has 4 rings (SSSR count). The lowest BCUT2D eigenvalue weighted by Crippen LogP contribution is -2.39. The summed E-state index contributed by atoms with van der Waals surface area (Å²) in [5.41, 5.74) is 9.21. The highest BCUT2D eigenvalue weighted by Gasteiger charge is 2.30. The summed E-state index contributed by atoms with van der Waals surface area (Å²) in [4.78, 5) is 12.6. The van der Waals surface area contributed by atoms with Gasteiger partial charge in [0.2, 0.25) is 5.91 Å². The molecule has 2 saturated heterocycles. The van der Waals surface area contributed by atoms with Crippen LogP contribution in [0.1, 0.15) is 29.7 Å². The molecule has 2 aromatic carbocycles. The monoisotopic (exact) mass is 386 g/mol. The van der Waals surface area contributed by atoms with Gasteiger partial charge in [0.25, 0.3) is 0 Å². The molecular formula is C20H23ClN4O2. The van der Waals surface area contributed by atoms with Crippen molar-refractivity contribution in [1.82, 2.24) is 16.2 Å². The molecule has 6 nitrogen and oxygen atoms in total. The van der Waals surface area contributed by atoms with E-state index in [0.29, 0.717) is 11.4 Å². The molecule has 2 fully saturated rings. The van der Waals surface area contributed by atoms with Gasteiger partial charge in [0.1, 0.15) is 6.04 Å². The number of hydrogen-bond acceptors (Lipinski definition) is 5. The minimum absolute atomic E-state index is 0.0535. The Balaban J connectivity index is 1.34. The van der Waals surface area contributed by atoms with Gasteiger partial charge in [-0.3, -0.25) is 4.79 Å². The van der Waals surface area contributed by atoms with Crippen LogP contribution in [0.25, 0.3) is 0 Å². The third kappa shape index (κ3) is 4.48. The highest BCUT2D eigenvalue weighted by molar-refractivity contribution is 6.30. The van der Waals surface area contributed by atoms with Crippen molar-refractivity contribution in [3.05, 3.63) is 64.7 Å². The fourth-order valence-corrected chi connectivity index (χ4v) is 3.66. The van der Waals surface area contributed by atoms with Crippen LogP contribution in [-0.2, 0) is 9.53 Å². The van der Waals surface area contributed by atoms with Gasteiger partial charge < -0.3 is 15.4 Å². The van der Waals surface area contributed by atoms with Gasteiger partial charge in [-0.25, -0.2) is 10.9 Å². The van der Waals surface area contributed by atoms with Gasteiger partial charge >= 0.3 is 0 Å². The van der Waals surface area contributed by atoms with Crippen LogP contribution in [0, 0.1) is 0 Å². The van der Waals surface area contributed by atoms with Crippen molar-refractivity contribution in [2.45, 2.75) is 24.6 Å². The van der Waals surface area contributed by atoms with E-state index in [2.05, 4.69) is 21.5 Å². The zero-order chi connectivity index (χ0) is 18.6. The SMILES string of the molecule is O=C(Nc1ccc([C@@H]2CNCCO2)cc1)C1CC(c2cccc(Cl)c2)NN1. The molecule has 1 amide bonds. The number of ether oxygens (including phenoxy) is 1. The first-order valence-electron chi connectivity index (χ1n) is 9.19. The van der Waals surface area contributed by atoms with Crippen LogP contribution in [0.2, 0.25) is 5.02 Å². The van der Waals surface area contributed by atoms with Crippen LogP contribution in [0.3, 0.4) is 0 Å². The molecule has 2 unspecified atom stereocenters. The van der Waals surface area contributed by atoms with Crippen molar-refractivity contribution in [1.29, 1.82) is 0 Å². The van der Waals surface area contributed by atoms with E-state index in [0.717, 1.165) is 36.5 Å². The Hall–Kier alpha value is -1.96. The maximum Gasteiger partial charge on any atom is 0.242 e. The summed E-state index contributed by atoms with van der Waals surface area (Å²) in [6, 6.07) is 15.3. The van der Waals surface area contributed by atoms with Crippen LogP contribution in [-0.4, -0.2) is 31.6 Å². The van der Waals surface area contributed by atoms with Gasteiger partial charge in [0.05, 0.1) is 12.7 Å². The lowest BCUT2D eigenvalue weighted by molar-refractivity contribution is -0.117. The van der Waals surface area contributed by atoms with E-state index in [1.54, 1.807) is 0 Å². The summed E-state index contributed by atoms with van der Waals surface area (Å²) < 4.78 is 5.75. The quantitative estimate of drug-likeness (QED) is 0.650. The number of anilines is 1. The third-order valence-electron chi connectivity index (χ3n) is 4.95. The standard InChI is InChI=1S/C20H23ClN4O2/c21-15-3-1-2-14(10-15)17-11-18(25-24-17)20(26)23-16-6-4-13(5-7-16)19-12-22-8-9-27-19/h1-7,10,17-19,22,24-25H,8-9,11-12H2,(H,23,26)/t17?,18?,19-/m0/s1. The predicted octanol–water partition coefficient (Wildman–Crippen LogP) is 2.55. The van der Waals surface area contributed by atoms with E-state index < -0.39 is 0 Å². The number of hydrogen-bond donors (Lipinski definition) is 4. The second kappa shape index (κ2) is 8.37. The van der Waals surface area contributed by atoms with E-state index in [-0.39, 0.29) is 24.1 Å². The van der Waals surface area contributed by atoms with Crippen molar-refractivity contribution in [2.75, 3.05) is 25.0 Å². The Morgan fingerprint density at radius 1 is 1.11 bits per heavy atom. The molecular weight excluding hydrogens is 364 g/mol. The minimum Gasteiger partial charge on any atom is -0.371 e. The van der Waals surface area contributed by atoms with Crippen molar-refractivity contribution < 1.29 is 9.53 Å². The molecule has 0 bridgehead atoms. The molecule has 0 aliphatic carbocycles. The summed E-state index contributed by atoms with van der Waals surface area (Å²) in [5.74, 6) is -0.0599. The number of carbonyl (C=O) groups is 1. The topological polar surface area (TPSA) is 74.4 Å². The number of morpholine rings is 1. The van der Waals surface area contributed by atoms with Crippen LogP contribution < -0.4 is 21.5 Å². The van der Waals surface area contributed by atoms with Gasteiger partial charge in [-0.2, -0.15) is 0 Å². The second-order valence-electron chi connectivity index (χ2n) is 6.86. The Kier molecular flexibility index (Phi) is 5.71. The fraction of sp³-hybridized carbons (Fsp3) is 0.350. The van der Waals surface area contributed by atoms with Crippen LogP contribution in [0.4, 0.5) is 5.69 Å². The zero-order valence-corrected chi connectivity index (χ0v) is 15.6. The smallest absolute Gasteiger partial charge is 0.242 e. The maximum absolute atomic E-state index is 12.6. The number of rotatable bonds is 4. The fourth-order valence-electron chi connectivity index (χ4n) is 3.46. The summed E-state index contributed by atoms with van der Waals surface area (Å²) in [6.07, 6.45) is 0.730. The molecule has 0 radical (unpaired) electrons. The Morgan fingerprint density at radius 3 is 2.70 bits per heavy atom. The van der Waals surface area contributed by atoms with Crippen molar-refractivity contribution in [3.63, 3.8) is 0 Å². The van der Waals surface area contributed by atoms with Gasteiger partial charge in [-0.15, -0.1) is 0 Å². The van der Waals surface area contributed by atoms with Crippen LogP contribution in [0.5, 0.6) is 0 Å². The molecule has 4 N–H and O–H groups in total. The molecule has 3 atom stereocenters.